The van der Waals surface area contributed by atoms with Crippen LogP contribution in [-0.4, -0.2) is 84.2 Å². The van der Waals surface area contributed by atoms with E-state index in [4.69, 9.17) is 9.47 Å². The molecule has 0 bridgehead atoms. The average molecular weight is 645 g/mol. The van der Waals surface area contributed by atoms with Gasteiger partial charge in [-0.15, -0.1) is 0 Å². The zero-order chi connectivity index (χ0) is 34.5. The highest BCUT2D eigenvalue weighted by molar-refractivity contribution is 5.77. The number of benzene rings is 2. The molecule has 0 unspecified atom stereocenters. The van der Waals surface area contributed by atoms with E-state index in [0.717, 1.165) is 37.6 Å². The zero-order valence-electron chi connectivity index (χ0n) is 26.9. The molecule has 0 saturated carbocycles. The minimum Gasteiger partial charge on any atom is -0.428 e. The van der Waals surface area contributed by atoms with Crippen LogP contribution in [0.5, 0.6) is 0 Å². The quantitative estimate of drug-likeness (QED) is 0.200. The summed E-state index contributed by atoms with van der Waals surface area (Å²) >= 11 is 0. The molecule has 4 rings (SSSR count). The van der Waals surface area contributed by atoms with Gasteiger partial charge < -0.3 is 19.1 Å². The lowest BCUT2D eigenvalue weighted by Crippen LogP contribution is -2.42. The van der Waals surface area contributed by atoms with E-state index >= 15 is 0 Å². The second kappa shape index (κ2) is 16.6. The molecule has 17 nitrogen and oxygen atoms in total. The van der Waals surface area contributed by atoms with Crippen molar-refractivity contribution in [2.75, 3.05) is 43.2 Å². The number of carbonyl (C=O) groups excluding carboxylic acids is 2. The van der Waals surface area contributed by atoms with Gasteiger partial charge in [0, 0.05) is 37.9 Å². The minimum atomic E-state index is -1.06. The lowest BCUT2D eigenvalue weighted by molar-refractivity contribution is -0.385. The summed E-state index contributed by atoms with van der Waals surface area (Å²) < 4.78 is 13.8. The summed E-state index contributed by atoms with van der Waals surface area (Å²) in [5, 5.41) is 28.9. The maximum atomic E-state index is 11.0. The number of likely N-dealkylation sites (N-methyl/N-ethyl adjacent to an activating group) is 1. The van der Waals surface area contributed by atoms with Crippen molar-refractivity contribution >= 4 is 47.7 Å². The molecule has 0 aliphatic carbocycles. The summed E-state index contributed by atoms with van der Waals surface area (Å²) in [4.78, 5) is 48.1. The molecule has 17 heteroatoms. The molecule has 1 N–H and O–H groups in total. The second-order valence-electron chi connectivity index (χ2n) is 11.7. The minimum absolute atomic E-state index is 0.0989. The number of hydrogen-bond acceptors (Lipinski definition) is 15. The molecule has 0 saturated heterocycles. The first-order valence-corrected chi connectivity index (χ1v) is 14.1. The largest absolute Gasteiger partial charge is 0.519 e. The Bertz CT molecular complexity index is 1360. The number of anilines is 2. The van der Waals surface area contributed by atoms with Crippen molar-refractivity contribution in [3.63, 3.8) is 0 Å². The molecule has 250 valence electrons. The highest BCUT2D eigenvalue weighted by Gasteiger charge is 2.24. The van der Waals surface area contributed by atoms with Crippen molar-refractivity contribution in [1.29, 1.82) is 0 Å². The molecule has 2 heterocycles. The van der Waals surface area contributed by atoms with Crippen LogP contribution in [0.3, 0.4) is 0 Å². The molecular weight excluding hydrogens is 604 g/mol. The van der Waals surface area contributed by atoms with Crippen molar-refractivity contribution < 1.29 is 33.6 Å². The number of non-ortho nitro benzene ring substituents is 2. The molecule has 0 radical (unpaired) electrons. The van der Waals surface area contributed by atoms with Gasteiger partial charge in [-0.25, -0.2) is 9.59 Å². The summed E-state index contributed by atoms with van der Waals surface area (Å²) in [5.74, 6) is 0. The molecule has 2 aromatic rings. The van der Waals surface area contributed by atoms with E-state index in [1.54, 1.807) is 78.5 Å². The number of hydrazone groups is 1. The van der Waals surface area contributed by atoms with E-state index in [2.05, 4.69) is 20.3 Å². The number of nitro groups is 2. The molecule has 46 heavy (non-hydrogen) atoms. The number of hydrazine groups is 1. The Morgan fingerprint density at radius 1 is 0.783 bits per heavy atom. The maximum absolute atomic E-state index is 11.0. The van der Waals surface area contributed by atoms with Crippen LogP contribution in [0.1, 0.15) is 41.5 Å². The van der Waals surface area contributed by atoms with Gasteiger partial charge in [-0.05, 0) is 65.8 Å². The van der Waals surface area contributed by atoms with E-state index in [1.807, 2.05) is 22.0 Å². The first-order valence-electron chi connectivity index (χ1n) is 14.1. The highest BCUT2D eigenvalue weighted by Crippen LogP contribution is 2.21. The predicted octanol–water partition coefficient (Wildman–Crippen LogP) is 5.11. The molecule has 0 spiro atoms. The Hall–Kier alpha value is -5.48. The first kappa shape index (κ1) is 36.7. The molecule has 2 aromatic carbocycles. The number of nitrogens with zero attached hydrogens (tertiary/aromatic N) is 7. The molecule has 0 atom stereocenters. The predicted molar refractivity (Wildman–Crippen MR) is 172 cm³/mol. The van der Waals surface area contributed by atoms with Crippen molar-refractivity contribution in [3.05, 3.63) is 68.8 Å². The summed E-state index contributed by atoms with van der Waals surface area (Å²) in [5.41, 5.74) is 3.53. The molecule has 2 aliphatic heterocycles. The van der Waals surface area contributed by atoms with Crippen LogP contribution < -0.4 is 15.4 Å². The number of aliphatic imine (C=N–C) groups is 1. The third kappa shape index (κ3) is 13.9. The van der Waals surface area contributed by atoms with Crippen LogP contribution >= 0.6 is 0 Å². The second-order valence-corrected chi connectivity index (χ2v) is 11.7. The SMILES string of the molecule is CC(C)(C)OC(=O)OC(=O)OC(C)(C)C.CN1C=NN(c2ccc([N+](=O)[O-])cc2)CC1.O=[N+]([O-])c1ccc(N2CCN=CN2)cc1. The molecule has 0 fully saturated rings. The smallest absolute Gasteiger partial charge is 0.428 e. The van der Waals surface area contributed by atoms with Gasteiger partial charge in [0.15, 0.2) is 0 Å². The molecular formula is C29H40N8O9. The lowest BCUT2D eigenvalue weighted by atomic mass is 10.2. The standard InChI is InChI=1S/C10H12N4O2.C10H18O5.C9H10N4O2/c1-12-6-7-13(11-8-12)9-2-4-10(5-3-9)14(15)16;1-9(2,3)14-7(11)13-8(12)15-10(4,5)6;14-13(15)9-3-1-8(2-4-9)12-6-5-10-7-11-12/h2-5,8H,6-7H2,1H3;1-6H3;1-4,7H,5-6H2,(H,10,11). The van der Waals surface area contributed by atoms with Crippen molar-refractivity contribution in [2.45, 2.75) is 52.7 Å². The number of rotatable bonds is 4. The normalized spacial score (nSPS) is 14.0. The summed E-state index contributed by atoms with van der Waals surface area (Å²) in [6, 6.07) is 12.8. The van der Waals surface area contributed by atoms with E-state index in [-0.39, 0.29) is 11.4 Å². The fourth-order valence-corrected chi connectivity index (χ4v) is 3.43. The van der Waals surface area contributed by atoms with Gasteiger partial charge in [0.1, 0.15) is 23.9 Å². The van der Waals surface area contributed by atoms with E-state index < -0.39 is 33.4 Å². The van der Waals surface area contributed by atoms with E-state index in [1.165, 1.54) is 24.3 Å². The van der Waals surface area contributed by atoms with E-state index in [9.17, 15) is 29.8 Å². The average Bonchev–Trinajstić information content (AvgIpc) is 2.97. The monoisotopic (exact) mass is 644 g/mol. The fourth-order valence-electron chi connectivity index (χ4n) is 3.43. The van der Waals surface area contributed by atoms with Crippen LogP contribution in [-0.2, 0) is 14.2 Å². The molecule has 2 aliphatic rings. The van der Waals surface area contributed by atoms with Crippen LogP contribution in [0, 0.1) is 20.2 Å². The lowest BCUT2D eigenvalue weighted by Gasteiger charge is -2.27. The number of nitro benzene ring substituents is 2. The summed E-state index contributed by atoms with van der Waals surface area (Å²) in [6.45, 7) is 13.2. The van der Waals surface area contributed by atoms with Gasteiger partial charge >= 0.3 is 12.3 Å². The molecule has 0 amide bonds. The van der Waals surface area contributed by atoms with Crippen molar-refractivity contribution in [3.8, 4) is 0 Å². The summed E-state index contributed by atoms with van der Waals surface area (Å²) in [6.07, 6.45) is 1.24. The Morgan fingerprint density at radius 2 is 1.26 bits per heavy atom. The van der Waals surface area contributed by atoms with Gasteiger partial charge in [0.2, 0.25) is 0 Å². The van der Waals surface area contributed by atoms with Gasteiger partial charge in [-0.1, -0.05) is 0 Å². The Morgan fingerprint density at radius 3 is 1.63 bits per heavy atom. The maximum Gasteiger partial charge on any atom is 0.519 e. The third-order valence-corrected chi connectivity index (χ3v) is 5.49. The molecule has 0 aromatic heterocycles. The number of hydrogen-bond donors (Lipinski definition) is 1. The number of carbonyl (C=O) groups is 2. The van der Waals surface area contributed by atoms with Crippen LogP contribution in [0.4, 0.5) is 32.3 Å². The topological polar surface area (TPSA) is 195 Å². The fraction of sp³-hybridized carbons (Fsp3) is 0.448. The first-order chi connectivity index (χ1) is 21.4. The summed E-state index contributed by atoms with van der Waals surface area (Å²) in [7, 11) is 1.96. The van der Waals surface area contributed by atoms with Crippen LogP contribution in [0.15, 0.2) is 58.6 Å². The van der Waals surface area contributed by atoms with Gasteiger partial charge in [0.05, 0.1) is 40.9 Å². The van der Waals surface area contributed by atoms with Gasteiger partial charge in [-0.2, -0.15) is 5.10 Å². The Kier molecular flexibility index (Phi) is 13.2. The Balaban J connectivity index is 0.000000240. The van der Waals surface area contributed by atoms with Crippen molar-refractivity contribution in [1.82, 2.24) is 10.3 Å². The Labute approximate surface area is 266 Å². The number of nitrogens with one attached hydrogen (secondary N) is 1. The highest BCUT2D eigenvalue weighted by atomic mass is 16.8. The van der Waals surface area contributed by atoms with Crippen LogP contribution in [0.25, 0.3) is 0 Å². The van der Waals surface area contributed by atoms with Gasteiger partial charge in [0.25, 0.3) is 11.4 Å². The zero-order valence-corrected chi connectivity index (χ0v) is 26.9. The third-order valence-electron chi connectivity index (χ3n) is 5.49. The van der Waals surface area contributed by atoms with Crippen LogP contribution in [0.2, 0.25) is 0 Å². The number of ether oxygens (including phenoxy) is 3. The van der Waals surface area contributed by atoms with E-state index in [0.29, 0.717) is 0 Å². The van der Waals surface area contributed by atoms with Crippen molar-refractivity contribution in [2.24, 2.45) is 10.1 Å². The van der Waals surface area contributed by atoms with Gasteiger partial charge in [-0.3, -0.25) is 40.7 Å².